The molecule has 4 nitrogen and oxygen atoms in total. The number of rotatable bonds is 8. The first kappa shape index (κ1) is 15.8. The molecular weight excluding hydrogens is 238 g/mol. The molecule has 1 unspecified atom stereocenters. The van der Waals surface area contributed by atoms with E-state index in [2.05, 4.69) is 36.7 Å². The van der Waals surface area contributed by atoms with Gasteiger partial charge in [0, 0.05) is 24.5 Å². The van der Waals surface area contributed by atoms with E-state index in [4.69, 9.17) is 0 Å². The number of nitrogens with one attached hydrogen (secondary N) is 2. The summed E-state index contributed by atoms with van der Waals surface area (Å²) in [6.07, 6.45) is 6.23. The average molecular weight is 265 g/mol. The third-order valence-electron chi connectivity index (χ3n) is 3.00. The molecule has 1 aromatic rings. The lowest BCUT2D eigenvalue weighted by molar-refractivity contribution is -0.122. The van der Waals surface area contributed by atoms with Crippen LogP contribution in [0.25, 0.3) is 0 Å². The molecule has 19 heavy (non-hydrogen) atoms. The molecule has 0 radical (unpaired) electrons. The van der Waals surface area contributed by atoms with E-state index in [9.17, 15) is 4.79 Å². The molecule has 4 heteroatoms. The number of amides is 1. The van der Waals surface area contributed by atoms with E-state index in [1.54, 1.807) is 0 Å². The number of nitrogens with zero attached hydrogens (tertiary/aromatic N) is 1. The Balaban J connectivity index is 2.57. The Bertz CT molecular complexity index is 384. The Morgan fingerprint density at radius 1 is 1.37 bits per heavy atom. The SMILES string of the molecule is CCCNC(CC)c1ccn(CC(=O)NC(C)C)c1. The molecule has 1 amide bonds. The molecule has 1 heterocycles. The standard InChI is InChI=1S/C15H27N3O/c1-5-8-16-14(6-2)13-7-9-18(10-13)11-15(19)17-12(3)4/h7,9-10,12,14,16H,5-6,8,11H2,1-4H3,(H,17,19). The van der Waals surface area contributed by atoms with Crippen LogP contribution in [0.4, 0.5) is 0 Å². The van der Waals surface area contributed by atoms with Crippen molar-refractivity contribution in [2.45, 2.75) is 59.2 Å². The summed E-state index contributed by atoms with van der Waals surface area (Å²) in [6, 6.07) is 2.67. The third kappa shape index (κ3) is 5.47. The van der Waals surface area contributed by atoms with E-state index in [1.165, 1.54) is 5.56 Å². The smallest absolute Gasteiger partial charge is 0.240 e. The zero-order chi connectivity index (χ0) is 14.3. The molecule has 0 bridgehead atoms. The van der Waals surface area contributed by atoms with Crippen molar-refractivity contribution in [2.75, 3.05) is 6.54 Å². The van der Waals surface area contributed by atoms with E-state index in [-0.39, 0.29) is 11.9 Å². The highest BCUT2D eigenvalue weighted by Crippen LogP contribution is 2.16. The summed E-state index contributed by atoms with van der Waals surface area (Å²) in [4.78, 5) is 11.7. The summed E-state index contributed by atoms with van der Waals surface area (Å²) in [7, 11) is 0. The predicted octanol–water partition coefficient (Wildman–Crippen LogP) is 2.46. The molecule has 0 aliphatic rings. The van der Waals surface area contributed by atoms with Crippen LogP contribution in [0.5, 0.6) is 0 Å². The first-order valence-corrected chi connectivity index (χ1v) is 7.25. The predicted molar refractivity (Wildman–Crippen MR) is 79.0 cm³/mol. The van der Waals surface area contributed by atoms with E-state index >= 15 is 0 Å². The summed E-state index contributed by atoms with van der Waals surface area (Å²) in [5.74, 6) is 0.0618. The van der Waals surface area contributed by atoms with Crippen LogP contribution in [0.15, 0.2) is 18.5 Å². The number of aromatic nitrogens is 1. The van der Waals surface area contributed by atoms with E-state index < -0.39 is 0 Å². The summed E-state index contributed by atoms with van der Waals surface area (Å²) >= 11 is 0. The van der Waals surface area contributed by atoms with Gasteiger partial charge in [-0.3, -0.25) is 4.79 Å². The summed E-state index contributed by atoms with van der Waals surface area (Å²) in [6.45, 7) is 9.71. The van der Waals surface area contributed by atoms with Crippen LogP contribution in [0.2, 0.25) is 0 Å². The van der Waals surface area contributed by atoms with Crippen molar-refractivity contribution < 1.29 is 4.79 Å². The number of carbonyl (C=O) groups is 1. The van der Waals surface area contributed by atoms with Gasteiger partial charge in [0.15, 0.2) is 0 Å². The Kier molecular flexibility index (Phi) is 6.64. The van der Waals surface area contributed by atoms with Crippen molar-refractivity contribution in [2.24, 2.45) is 0 Å². The minimum Gasteiger partial charge on any atom is -0.352 e. The van der Waals surface area contributed by atoms with Crippen LogP contribution in [0.3, 0.4) is 0 Å². The maximum Gasteiger partial charge on any atom is 0.240 e. The number of carbonyl (C=O) groups excluding carboxylic acids is 1. The van der Waals surface area contributed by atoms with Crippen molar-refractivity contribution in [3.63, 3.8) is 0 Å². The quantitative estimate of drug-likeness (QED) is 0.758. The molecular formula is C15H27N3O. The largest absolute Gasteiger partial charge is 0.352 e. The molecule has 1 aromatic heterocycles. The van der Waals surface area contributed by atoms with Crippen LogP contribution in [-0.4, -0.2) is 23.1 Å². The summed E-state index contributed by atoms with van der Waals surface area (Å²) < 4.78 is 1.95. The van der Waals surface area contributed by atoms with Crippen LogP contribution in [-0.2, 0) is 11.3 Å². The zero-order valence-electron chi connectivity index (χ0n) is 12.6. The normalized spacial score (nSPS) is 12.7. The van der Waals surface area contributed by atoms with Crippen LogP contribution in [0.1, 0.15) is 52.1 Å². The van der Waals surface area contributed by atoms with Gasteiger partial charge < -0.3 is 15.2 Å². The highest BCUT2D eigenvalue weighted by Gasteiger charge is 2.11. The molecule has 108 valence electrons. The van der Waals surface area contributed by atoms with E-state index in [0.717, 1.165) is 19.4 Å². The van der Waals surface area contributed by atoms with Crippen molar-refractivity contribution in [3.8, 4) is 0 Å². The molecule has 1 rings (SSSR count). The number of hydrogen-bond donors (Lipinski definition) is 2. The molecule has 0 aliphatic carbocycles. The lowest BCUT2D eigenvalue weighted by Gasteiger charge is -2.15. The Morgan fingerprint density at radius 2 is 2.11 bits per heavy atom. The van der Waals surface area contributed by atoms with Gasteiger partial charge in [0.2, 0.25) is 5.91 Å². The third-order valence-corrected chi connectivity index (χ3v) is 3.00. The fourth-order valence-corrected chi connectivity index (χ4v) is 2.11. The Labute approximate surface area is 116 Å². The summed E-state index contributed by atoms with van der Waals surface area (Å²) in [5.41, 5.74) is 1.26. The lowest BCUT2D eigenvalue weighted by atomic mass is 10.1. The second kappa shape index (κ2) is 8.00. The maximum absolute atomic E-state index is 11.7. The highest BCUT2D eigenvalue weighted by molar-refractivity contribution is 5.76. The maximum atomic E-state index is 11.7. The molecule has 0 saturated heterocycles. The second-order valence-corrected chi connectivity index (χ2v) is 5.25. The van der Waals surface area contributed by atoms with E-state index in [1.807, 2.05) is 24.6 Å². The van der Waals surface area contributed by atoms with Gasteiger partial charge in [-0.2, -0.15) is 0 Å². The van der Waals surface area contributed by atoms with Crippen LogP contribution in [0, 0.1) is 0 Å². The van der Waals surface area contributed by atoms with Crippen LogP contribution < -0.4 is 10.6 Å². The molecule has 1 atom stereocenters. The lowest BCUT2D eigenvalue weighted by Crippen LogP contribution is -2.32. The summed E-state index contributed by atoms with van der Waals surface area (Å²) in [5, 5.41) is 6.42. The minimum absolute atomic E-state index is 0.0618. The molecule has 0 spiro atoms. The highest BCUT2D eigenvalue weighted by atomic mass is 16.2. The topological polar surface area (TPSA) is 46.1 Å². The zero-order valence-corrected chi connectivity index (χ0v) is 12.6. The van der Waals surface area contributed by atoms with Crippen molar-refractivity contribution >= 4 is 5.91 Å². The second-order valence-electron chi connectivity index (χ2n) is 5.25. The fourth-order valence-electron chi connectivity index (χ4n) is 2.11. The van der Waals surface area contributed by atoms with Crippen LogP contribution >= 0.6 is 0 Å². The van der Waals surface area contributed by atoms with Crippen molar-refractivity contribution in [1.29, 1.82) is 0 Å². The van der Waals surface area contributed by atoms with Gasteiger partial charge in [-0.05, 0) is 44.9 Å². The first-order valence-electron chi connectivity index (χ1n) is 7.25. The minimum atomic E-state index is 0.0618. The molecule has 0 aliphatic heterocycles. The molecule has 0 fully saturated rings. The molecule has 2 N–H and O–H groups in total. The fraction of sp³-hybridized carbons (Fsp3) is 0.667. The van der Waals surface area contributed by atoms with Gasteiger partial charge in [-0.25, -0.2) is 0 Å². The molecule has 0 aromatic carbocycles. The molecule has 0 saturated carbocycles. The van der Waals surface area contributed by atoms with Crippen molar-refractivity contribution in [1.82, 2.24) is 15.2 Å². The average Bonchev–Trinajstić information content (AvgIpc) is 2.77. The number of hydrogen-bond acceptors (Lipinski definition) is 2. The van der Waals surface area contributed by atoms with Gasteiger partial charge in [-0.15, -0.1) is 0 Å². The Morgan fingerprint density at radius 3 is 2.68 bits per heavy atom. The monoisotopic (exact) mass is 265 g/mol. The van der Waals surface area contributed by atoms with Gasteiger partial charge in [0.05, 0.1) is 0 Å². The van der Waals surface area contributed by atoms with E-state index in [0.29, 0.717) is 12.6 Å². The first-order chi connectivity index (χ1) is 9.06. The van der Waals surface area contributed by atoms with Gasteiger partial charge in [-0.1, -0.05) is 13.8 Å². The Hall–Kier alpha value is -1.29. The van der Waals surface area contributed by atoms with Gasteiger partial charge in [0.1, 0.15) is 6.54 Å². The van der Waals surface area contributed by atoms with Gasteiger partial charge in [0.25, 0.3) is 0 Å². The van der Waals surface area contributed by atoms with Crippen molar-refractivity contribution in [3.05, 3.63) is 24.0 Å². The van der Waals surface area contributed by atoms with Gasteiger partial charge >= 0.3 is 0 Å².